The monoisotopic (exact) mass is 334 g/mol. The Labute approximate surface area is 145 Å². The van der Waals surface area contributed by atoms with Crippen LogP contribution in [-0.2, 0) is 21.6 Å². The SMILES string of the molecule is Cc1ccc2c(COC(=O)C3(c4ccccc4)CC3)cc(=O)oc2c1. The van der Waals surface area contributed by atoms with Gasteiger partial charge in [0.15, 0.2) is 0 Å². The zero-order valence-electron chi connectivity index (χ0n) is 14.0. The highest BCUT2D eigenvalue weighted by atomic mass is 16.5. The number of esters is 1. The van der Waals surface area contributed by atoms with E-state index in [1.165, 1.54) is 6.07 Å². The van der Waals surface area contributed by atoms with Crippen LogP contribution in [0.15, 0.2) is 63.8 Å². The molecule has 25 heavy (non-hydrogen) atoms. The van der Waals surface area contributed by atoms with E-state index in [0.29, 0.717) is 11.1 Å². The Hall–Kier alpha value is -2.88. The van der Waals surface area contributed by atoms with Crippen molar-refractivity contribution in [3.8, 4) is 0 Å². The molecule has 2 aromatic carbocycles. The molecule has 4 heteroatoms. The summed E-state index contributed by atoms with van der Waals surface area (Å²) in [5.74, 6) is -0.229. The molecule has 0 amide bonds. The predicted molar refractivity (Wildman–Crippen MR) is 94.4 cm³/mol. The highest BCUT2D eigenvalue weighted by Crippen LogP contribution is 2.49. The van der Waals surface area contributed by atoms with Crippen LogP contribution in [0.1, 0.15) is 29.5 Å². The van der Waals surface area contributed by atoms with Gasteiger partial charge in [0.25, 0.3) is 0 Å². The Bertz CT molecular complexity index is 997. The number of fused-ring (bicyclic) bond motifs is 1. The van der Waals surface area contributed by atoms with Gasteiger partial charge in [-0.3, -0.25) is 4.79 Å². The Morgan fingerprint density at radius 1 is 1.12 bits per heavy atom. The van der Waals surface area contributed by atoms with Crippen LogP contribution in [0.2, 0.25) is 0 Å². The lowest BCUT2D eigenvalue weighted by atomic mass is 9.96. The van der Waals surface area contributed by atoms with Crippen LogP contribution in [0.5, 0.6) is 0 Å². The largest absolute Gasteiger partial charge is 0.460 e. The van der Waals surface area contributed by atoms with E-state index in [1.54, 1.807) is 0 Å². The third kappa shape index (κ3) is 2.84. The molecule has 1 fully saturated rings. The lowest BCUT2D eigenvalue weighted by molar-refractivity contribution is -0.148. The van der Waals surface area contributed by atoms with E-state index in [9.17, 15) is 9.59 Å². The molecule has 0 N–H and O–H groups in total. The van der Waals surface area contributed by atoms with Crippen molar-refractivity contribution in [2.75, 3.05) is 0 Å². The van der Waals surface area contributed by atoms with Gasteiger partial charge in [-0.25, -0.2) is 4.79 Å². The number of hydrogen-bond acceptors (Lipinski definition) is 4. The minimum atomic E-state index is -0.521. The van der Waals surface area contributed by atoms with Crippen molar-refractivity contribution < 1.29 is 13.9 Å². The molecule has 0 bridgehead atoms. The van der Waals surface area contributed by atoms with Gasteiger partial charge in [0.2, 0.25) is 0 Å². The Kier molecular flexibility index (Phi) is 3.68. The summed E-state index contributed by atoms with van der Waals surface area (Å²) in [6.07, 6.45) is 1.60. The smallest absolute Gasteiger partial charge is 0.336 e. The van der Waals surface area contributed by atoms with Crippen molar-refractivity contribution in [3.05, 3.63) is 81.7 Å². The lowest BCUT2D eigenvalue weighted by Crippen LogP contribution is -2.23. The van der Waals surface area contributed by atoms with Gasteiger partial charge in [-0.05, 0) is 37.0 Å². The van der Waals surface area contributed by atoms with Gasteiger partial charge in [0.05, 0.1) is 5.41 Å². The summed E-state index contributed by atoms with van der Waals surface area (Å²) < 4.78 is 10.8. The number of carbonyl (C=O) groups is 1. The van der Waals surface area contributed by atoms with Crippen LogP contribution in [0.4, 0.5) is 0 Å². The molecule has 0 atom stereocenters. The third-order valence-electron chi connectivity index (χ3n) is 4.81. The molecule has 1 saturated carbocycles. The fourth-order valence-electron chi connectivity index (χ4n) is 3.23. The fourth-order valence-corrected chi connectivity index (χ4v) is 3.23. The first-order valence-corrected chi connectivity index (χ1v) is 8.35. The molecule has 0 saturated heterocycles. The average Bonchev–Trinajstić information content (AvgIpc) is 3.41. The second kappa shape index (κ2) is 5.88. The van der Waals surface area contributed by atoms with Crippen molar-refractivity contribution in [1.82, 2.24) is 0 Å². The molecule has 1 aromatic heterocycles. The van der Waals surface area contributed by atoms with Gasteiger partial charge in [0.1, 0.15) is 12.2 Å². The molecule has 0 radical (unpaired) electrons. The summed E-state index contributed by atoms with van der Waals surface area (Å²) in [6, 6.07) is 16.8. The van der Waals surface area contributed by atoms with E-state index in [4.69, 9.17) is 9.15 Å². The highest BCUT2D eigenvalue weighted by Gasteiger charge is 2.52. The Morgan fingerprint density at radius 3 is 2.60 bits per heavy atom. The van der Waals surface area contributed by atoms with Gasteiger partial charge in [-0.2, -0.15) is 0 Å². The van der Waals surface area contributed by atoms with Gasteiger partial charge >= 0.3 is 11.6 Å². The Balaban J connectivity index is 1.59. The normalized spacial score (nSPS) is 15.1. The van der Waals surface area contributed by atoms with Crippen molar-refractivity contribution in [2.45, 2.75) is 31.8 Å². The summed E-state index contributed by atoms with van der Waals surface area (Å²) >= 11 is 0. The second-order valence-corrected chi connectivity index (χ2v) is 6.61. The van der Waals surface area contributed by atoms with Gasteiger partial charge in [-0.1, -0.05) is 42.5 Å². The van der Waals surface area contributed by atoms with Gasteiger partial charge in [-0.15, -0.1) is 0 Å². The van der Waals surface area contributed by atoms with Crippen molar-refractivity contribution in [1.29, 1.82) is 0 Å². The molecule has 1 aliphatic carbocycles. The molecular formula is C21H18O4. The highest BCUT2D eigenvalue weighted by molar-refractivity contribution is 5.87. The summed E-state index contributed by atoms with van der Waals surface area (Å²) in [7, 11) is 0. The molecule has 4 rings (SSSR count). The fraction of sp³-hybridized carbons (Fsp3) is 0.238. The number of benzene rings is 2. The topological polar surface area (TPSA) is 56.5 Å². The standard InChI is InChI=1S/C21H18O4/c1-14-7-8-17-15(12-19(22)25-18(17)11-14)13-24-20(23)21(9-10-21)16-5-3-2-4-6-16/h2-8,11-12H,9-10,13H2,1H3. The maximum Gasteiger partial charge on any atom is 0.336 e. The van der Waals surface area contributed by atoms with E-state index >= 15 is 0 Å². The summed E-state index contributed by atoms with van der Waals surface area (Å²) in [4.78, 5) is 24.4. The molecule has 1 aliphatic rings. The minimum Gasteiger partial charge on any atom is -0.460 e. The zero-order chi connectivity index (χ0) is 17.4. The second-order valence-electron chi connectivity index (χ2n) is 6.61. The van der Waals surface area contributed by atoms with Gasteiger partial charge in [0, 0.05) is 17.0 Å². The van der Waals surface area contributed by atoms with Crippen LogP contribution < -0.4 is 5.63 Å². The van der Waals surface area contributed by atoms with Crippen LogP contribution in [0.25, 0.3) is 11.0 Å². The quantitative estimate of drug-likeness (QED) is 0.537. The molecule has 1 heterocycles. The summed E-state index contributed by atoms with van der Waals surface area (Å²) in [5.41, 5.74) is 2.23. The zero-order valence-corrected chi connectivity index (χ0v) is 14.0. The number of carbonyl (C=O) groups excluding carboxylic acids is 1. The van der Waals surface area contributed by atoms with Crippen LogP contribution in [-0.4, -0.2) is 5.97 Å². The molecule has 3 aromatic rings. The first kappa shape index (κ1) is 15.6. The maximum absolute atomic E-state index is 12.7. The summed E-state index contributed by atoms with van der Waals surface area (Å²) in [6.45, 7) is 2.00. The number of hydrogen-bond donors (Lipinski definition) is 0. The third-order valence-corrected chi connectivity index (χ3v) is 4.81. The first-order valence-electron chi connectivity index (χ1n) is 8.35. The molecule has 4 nitrogen and oxygen atoms in total. The number of aryl methyl sites for hydroxylation is 1. The number of ether oxygens (including phenoxy) is 1. The van der Waals surface area contributed by atoms with E-state index in [0.717, 1.165) is 29.4 Å². The molecule has 0 aliphatic heterocycles. The molecule has 0 unspecified atom stereocenters. The van der Waals surface area contributed by atoms with E-state index in [2.05, 4.69) is 0 Å². The van der Waals surface area contributed by atoms with Crippen LogP contribution in [0.3, 0.4) is 0 Å². The van der Waals surface area contributed by atoms with E-state index in [1.807, 2.05) is 55.5 Å². The predicted octanol–water partition coefficient (Wildman–Crippen LogP) is 3.88. The van der Waals surface area contributed by atoms with Crippen molar-refractivity contribution in [3.63, 3.8) is 0 Å². The van der Waals surface area contributed by atoms with E-state index in [-0.39, 0.29) is 12.6 Å². The average molecular weight is 334 g/mol. The maximum atomic E-state index is 12.7. The van der Waals surface area contributed by atoms with E-state index < -0.39 is 11.0 Å². The summed E-state index contributed by atoms with van der Waals surface area (Å²) in [5, 5.41) is 0.794. The van der Waals surface area contributed by atoms with Crippen molar-refractivity contribution >= 4 is 16.9 Å². The Morgan fingerprint density at radius 2 is 1.88 bits per heavy atom. The van der Waals surface area contributed by atoms with Crippen LogP contribution >= 0.6 is 0 Å². The molecular weight excluding hydrogens is 316 g/mol. The molecule has 0 spiro atoms. The first-order chi connectivity index (χ1) is 12.1. The molecule has 126 valence electrons. The van der Waals surface area contributed by atoms with Crippen LogP contribution in [0, 0.1) is 6.92 Å². The number of rotatable bonds is 4. The lowest BCUT2D eigenvalue weighted by Gasteiger charge is -2.15. The van der Waals surface area contributed by atoms with Gasteiger partial charge < -0.3 is 9.15 Å². The van der Waals surface area contributed by atoms with Crippen molar-refractivity contribution in [2.24, 2.45) is 0 Å². The minimum absolute atomic E-state index is 0.0680.